The van der Waals surface area contributed by atoms with Gasteiger partial charge in [-0.1, -0.05) is 18.6 Å². The van der Waals surface area contributed by atoms with E-state index in [-0.39, 0.29) is 18.6 Å². The van der Waals surface area contributed by atoms with Gasteiger partial charge in [0.1, 0.15) is 5.75 Å². The summed E-state index contributed by atoms with van der Waals surface area (Å²) in [6.45, 7) is 1.90. The molecule has 1 atom stereocenters. The summed E-state index contributed by atoms with van der Waals surface area (Å²) in [7, 11) is 1.63. The second-order valence-corrected chi connectivity index (χ2v) is 5.43. The Morgan fingerprint density at radius 2 is 2.14 bits per heavy atom. The monoisotopic (exact) mass is 292 g/mol. The fourth-order valence-electron chi connectivity index (χ4n) is 2.66. The van der Waals surface area contributed by atoms with Crippen molar-refractivity contribution in [3.63, 3.8) is 0 Å². The molecule has 1 heterocycles. The number of amides is 1. The van der Waals surface area contributed by atoms with Gasteiger partial charge in [-0.2, -0.15) is 0 Å². The first kappa shape index (κ1) is 15.8. The Hall–Kier alpha value is -1.59. The van der Waals surface area contributed by atoms with E-state index in [4.69, 9.17) is 4.74 Å². The molecule has 116 valence electrons. The molecular weight excluding hydrogens is 268 g/mol. The maximum atomic E-state index is 12.0. The zero-order valence-corrected chi connectivity index (χ0v) is 12.5. The summed E-state index contributed by atoms with van der Waals surface area (Å²) in [5, 5.41) is 12.3. The molecule has 0 aromatic heterocycles. The third-order valence-corrected chi connectivity index (χ3v) is 3.96. The number of ether oxygens (including phenoxy) is 1. The second kappa shape index (κ2) is 8.00. The molecule has 5 nitrogen and oxygen atoms in total. The van der Waals surface area contributed by atoms with Crippen molar-refractivity contribution >= 4 is 5.91 Å². The Bertz CT molecular complexity index is 447. The first-order valence-electron chi connectivity index (χ1n) is 7.47. The van der Waals surface area contributed by atoms with Gasteiger partial charge in [-0.25, -0.2) is 0 Å². The van der Waals surface area contributed by atoms with Gasteiger partial charge in [0.2, 0.25) is 5.91 Å². The fourth-order valence-corrected chi connectivity index (χ4v) is 2.66. The number of rotatable bonds is 6. The largest absolute Gasteiger partial charge is 0.497 e. The van der Waals surface area contributed by atoms with Gasteiger partial charge in [-0.05, 0) is 37.1 Å². The van der Waals surface area contributed by atoms with Crippen LogP contribution in [0.25, 0.3) is 0 Å². The molecule has 0 spiro atoms. The predicted octanol–water partition coefficient (Wildman–Crippen LogP) is 1.16. The van der Waals surface area contributed by atoms with Crippen molar-refractivity contribution in [1.29, 1.82) is 0 Å². The molecule has 1 fully saturated rings. The van der Waals surface area contributed by atoms with Gasteiger partial charge < -0.3 is 15.2 Å². The van der Waals surface area contributed by atoms with Crippen LogP contribution in [-0.2, 0) is 11.3 Å². The molecule has 1 unspecified atom stereocenters. The first-order valence-corrected chi connectivity index (χ1v) is 7.47. The van der Waals surface area contributed by atoms with E-state index in [1.54, 1.807) is 7.11 Å². The van der Waals surface area contributed by atoms with Crippen molar-refractivity contribution in [3.8, 4) is 5.75 Å². The highest BCUT2D eigenvalue weighted by Crippen LogP contribution is 2.16. The third-order valence-electron chi connectivity index (χ3n) is 3.96. The number of nitrogens with one attached hydrogen (secondary N) is 1. The van der Waals surface area contributed by atoms with Crippen LogP contribution >= 0.6 is 0 Å². The standard InChI is InChI=1S/C16H24N2O3/c1-21-15-7-5-13(6-8-15)10-17-16(20)11-18-9-3-2-4-14(18)12-19/h5-8,14,19H,2-4,9-12H2,1H3,(H,17,20). The number of carbonyl (C=O) groups excluding carboxylic acids is 1. The van der Waals surface area contributed by atoms with Crippen molar-refractivity contribution in [3.05, 3.63) is 29.8 Å². The van der Waals surface area contributed by atoms with Crippen LogP contribution in [0.2, 0.25) is 0 Å². The van der Waals surface area contributed by atoms with Crippen LogP contribution in [0.5, 0.6) is 5.75 Å². The van der Waals surface area contributed by atoms with E-state index in [2.05, 4.69) is 10.2 Å². The van der Waals surface area contributed by atoms with Gasteiger partial charge in [0.25, 0.3) is 0 Å². The van der Waals surface area contributed by atoms with Crippen LogP contribution in [0.4, 0.5) is 0 Å². The van der Waals surface area contributed by atoms with Crippen molar-refractivity contribution < 1.29 is 14.6 Å². The number of nitrogens with zero attached hydrogens (tertiary/aromatic N) is 1. The number of hydrogen-bond donors (Lipinski definition) is 2. The molecule has 0 aliphatic carbocycles. The third kappa shape index (κ3) is 4.72. The predicted molar refractivity (Wildman–Crippen MR) is 81.1 cm³/mol. The molecule has 0 saturated carbocycles. The number of hydrogen-bond acceptors (Lipinski definition) is 4. The number of benzene rings is 1. The molecule has 21 heavy (non-hydrogen) atoms. The zero-order chi connectivity index (χ0) is 15.1. The summed E-state index contributed by atoms with van der Waals surface area (Å²) in [5.41, 5.74) is 1.04. The Morgan fingerprint density at radius 3 is 2.81 bits per heavy atom. The lowest BCUT2D eigenvalue weighted by Gasteiger charge is -2.33. The quantitative estimate of drug-likeness (QED) is 0.826. The van der Waals surface area contributed by atoms with Crippen LogP contribution in [0.1, 0.15) is 24.8 Å². The average molecular weight is 292 g/mol. The summed E-state index contributed by atoms with van der Waals surface area (Å²) >= 11 is 0. The molecule has 1 aromatic carbocycles. The van der Waals surface area contributed by atoms with Crippen molar-refractivity contribution in [2.75, 3.05) is 26.8 Å². The summed E-state index contributed by atoms with van der Waals surface area (Å²) in [4.78, 5) is 14.1. The Morgan fingerprint density at radius 1 is 1.38 bits per heavy atom. The minimum absolute atomic E-state index is 0.00571. The number of piperidine rings is 1. The van der Waals surface area contributed by atoms with Gasteiger partial charge in [-0.3, -0.25) is 9.69 Å². The Labute approximate surface area is 125 Å². The van der Waals surface area contributed by atoms with E-state index >= 15 is 0 Å². The van der Waals surface area contributed by atoms with Crippen LogP contribution in [0.3, 0.4) is 0 Å². The van der Waals surface area contributed by atoms with Crippen LogP contribution in [0.15, 0.2) is 24.3 Å². The van der Waals surface area contributed by atoms with Crippen LogP contribution in [-0.4, -0.2) is 48.8 Å². The minimum Gasteiger partial charge on any atom is -0.497 e. The lowest BCUT2D eigenvalue weighted by atomic mass is 10.0. The summed E-state index contributed by atoms with van der Waals surface area (Å²) in [5.74, 6) is 0.815. The maximum Gasteiger partial charge on any atom is 0.234 e. The van der Waals surface area contributed by atoms with Crippen molar-refractivity contribution in [1.82, 2.24) is 10.2 Å². The molecule has 1 amide bonds. The van der Waals surface area contributed by atoms with E-state index in [1.165, 1.54) is 0 Å². The maximum absolute atomic E-state index is 12.0. The van der Waals surface area contributed by atoms with Crippen molar-refractivity contribution in [2.45, 2.75) is 31.8 Å². The smallest absolute Gasteiger partial charge is 0.234 e. The molecular formula is C16H24N2O3. The molecule has 1 aromatic rings. The summed E-state index contributed by atoms with van der Waals surface area (Å²) in [6.07, 6.45) is 3.21. The summed E-state index contributed by atoms with van der Waals surface area (Å²) < 4.78 is 5.10. The molecule has 0 radical (unpaired) electrons. The van der Waals surface area contributed by atoms with E-state index < -0.39 is 0 Å². The number of carbonyl (C=O) groups is 1. The van der Waals surface area contributed by atoms with Gasteiger partial charge in [0.05, 0.1) is 20.3 Å². The average Bonchev–Trinajstić information content (AvgIpc) is 2.54. The number of methoxy groups -OCH3 is 1. The molecule has 1 aliphatic rings. The van der Waals surface area contributed by atoms with Gasteiger partial charge in [0, 0.05) is 12.6 Å². The molecule has 1 aliphatic heterocycles. The van der Waals surface area contributed by atoms with E-state index in [9.17, 15) is 9.90 Å². The summed E-state index contributed by atoms with van der Waals surface area (Å²) in [6, 6.07) is 7.78. The van der Waals surface area contributed by atoms with E-state index in [1.807, 2.05) is 24.3 Å². The lowest BCUT2D eigenvalue weighted by Crippen LogP contribution is -2.46. The zero-order valence-electron chi connectivity index (χ0n) is 12.5. The van der Waals surface area contributed by atoms with Crippen LogP contribution in [0, 0.1) is 0 Å². The highest BCUT2D eigenvalue weighted by Gasteiger charge is 2.23. The SMILES string of the molecule is COc1ccc(CNC(=O)CN2CCCCC2CO)cc1. The Balaban J connectivity index is 1.78. The molecule has 0 bridgehead atoms. The van der Waals surface area contributed by atoms with Gasteiger partial charge in [-0.15, -0.1) is 0 Å². The van der Waals surface area contributed by atoms with Crippen molar-refractivity contribution in [2.24, 2.45) is 0 Å². The number of aliphatic hydroxyl groups is 1. The van der Waals surface area contributed by atoms with E-state index in [0.29, 0.717) is 13.1 Å². The fraction of sp³-hybridized carbons (Fsp3) is 0.562. The number of likely N-dealkylation sites (tertiary alicyclic amines) is 1. The topological polar surface area (TPSA) is 61.8 Å². The molecule has 1 saturated heterocycles. The lowest BCUT2D eigenvalue weighted by molar-refractivity contribution is -0.123. The highest BCUT2D eigenvalue weighted by atomic mass is 16.5. The highest BCUT2D eigenvalue weighted by molar-refractivity contribution is 5.78. The van der Waals surface area contributed by atoms with Crippen LogP contribution < -0.4 is 10.1 Å². The first-order chi connectivity index (χ1) is 10.2. The Kier molecular flexibility index (Phi) is 6.02. The second-order valence-electron chi connectivity index (χ2n) is 5.43. The van der Waals surface area contributed by atoms with Gasteiger partial charge in [0.15, 0.2) is 0 Å². The molecule has 2 rings (SSSR count). The normalized spacial score (nSPS) is 19.2. The van der Waals surface area contributed by atoms with Gasteiger partial charge >= 0.3 is 0 Å². The minimum atomic E-state index is 0.00571. The number of aliphatic hydroxyl groups excluding tert-OH is 1. The molecule has 2 N–H and O–H groups in total. The van der Waals surface area contributed by atoms with E-state index in [0.717, 1.165) is 37.1 Å². The molecule has 5 heteroatoms.